The number of aryl methyl sites for hydroxylation is 1. The Labute approximate surface area is 158 Å². The minimum atomic E-state index is -3.46. The molecule has 0 saturated carbocycles. The molecule has 1 saturated heterocycles. The summed E-state index contributed by atoms with van der Waals surface area (Å²) in [5, 5.41) is 3.25. The predicted octanol–water partition coefficient (Wildman–Crippen LogP) is 2.83. The van der Waals surface area contributed by atoms with Crippen molar-refractivity contribution in [3.8, 4) is 0 Å². The fourth-order valence-corrected chi connectivity index (χ4v) is 4.73. The molecule has 138 valence electrons. The molecule has 0 radical (unpaired) electrons. The van der Waals surface area contributed by atoms with Crippen molar-refractivity contribution in [1.82, 2.24) is 9.21 Å². The van der Waals surface area contributed by atoms with E-state index < -0.39 is 10.0 Å². The first kappa shape index (κ1) is 18.8. The van der Waals surface area contributed by atoms with Crippen LogP contribution in [0, 0.1) is 0 Å². The molecule has 1 aliphatic heterocycles. The molecule has 0 spiro atoms. The molecule has 26 heavy (non-hydrogen) atoms. The van der Waals surface area contributed by atoms with E-state index in [1.807, 2.05) is 47.8 Å². The van der Waals surface area contributed by atoms with Gasteiger partial charge in [-0.15, -0.1) is 11.3 Å². The highest BCUT2D eigenvalue weighted by atomic mass is 32.2. The second-order valence-corrected chi connectivity index (χ2v) is 8.97. The van der Waals surface area contributed by atoms with Gasteiger partial charge in [0.15, 0.2) is 0 Å². The molecule has 1 fully saturated rings. The van der Waals surface area contributed by atoms with Crippen LogP contribution in [0.2, 0.25) is 0 Å². The first-order valence-electron chi connectivity index (χ1n) is 8.58. The number of carbonyl (C=O) groups excluding carboxylic acids is 1. The zero-order valence-electron chi connectivity index (χ0n) is 14.5. The van der Waals surface area contributed by atoms with Gasteiger partial charge < -0.3 is 4.90 Å². The third kappa shape index (κ3) is 5.03. The van der Waals surface area contributed by atoms with E-state index in [-0.39, 0.29) is 5.91 Å². The van der Waals surface area contributed by atoms with Crippen LogP contribution in [0.5, 0.6) is 0 Å². The van der Waals surface area contributed by atoms with Crippen LogP contribution in [-0.2, 0) is 21.2 Å². The van der Waals surface area contributed by atoms with Crippen LogP contribution in [0.25, 0.3) is 6.08 Å². The predicted molar refractivity (Wildman–Crippen MR) is 105 cm³/mol. The van der Waals surface area contributed by atoms with Crippen LogP contribution in [-0.4, -0.2) is 49.7 Å². The molecule has 1 aromatic heterocycles. The van der Waals surface area contributed by atoms with Crippen molar-refractivity contribution < 1.29 is 13.2 Å². The number of carbonyl (C=O) groups is 1. The third-order valence-corrected chi connectivity index (χ3v) is 6.85. The number of thiophene rings is 1. The number of nitrogens with zero attached hydrogens (tertiary/aromatic N) is 2. The van der Waals surface area contributed by atoms with Gasteiger partial charge in [-0.05, 0) is 29.5 Å². The van der Waals surface area contributed by atoms with Gasteiger partial charge in [0.2, 0.25) is 15.9 Å². The summed E-state index contributed by atoms with van der Waals surface area (Å²) < 4.78 is 26.3. The van der Waals surface area contributed by atoms with Crippen LogP contribution in [0.3, 0.4) is 0 Å². The number of piperazine rings is 1. The van der Waals surface area contributed by atoms with Crippen molar-refractivity contribution >= 4 is 33.3 Å². The van der Waals surface area contributed by atoms with Crippen molar-refractivity contribution in [2.75, 3.05) is 26.2 Å². The van der Waals surface area contributed by atoms with Crippen molar-refractivity contribution in [3.63, 3.8) is 0 Å². The van der Waals surface area contributed by atoms with Gasteiger partial charge in [-0.1, -0.05) is 36.4 Å². The summed E-state index contributed by atoms with van der Waals surface area (Å²) in [7, 11) is -3.46. The lowest BCUT2D eigenvalue weighted by Crippen LogP contribution is -2.50. The second kappa shape index (κ2) is 8.62. The van der Waals surface area contributed by atoms with Gasteiger partial charge in [-0.2, -0.15) is 4.31 Å². The van der Waals surface area contributed by atoms with Gasteiger partial charge in [0.05, 0.1) is 0 Å². The van der Waals surface area contributed by atoms with Crippen molar-refractivity contribution in [2.45, 2.75) is 12.8 Å². The fraction of sp³-hybridized carbons (Fsp3) is 0.316. The number of rotatable bonds is 6. The van der Waals surface area contributed by atoms with Crippen molar-refractivity contribution in [1.29, 1.82) is 0 Å². The molecule has 2 aromatic rings. The quantitative estimate of drug-likeness (QED) is 0.762. The Morgan fingerprint density at radius 3 is 2.42 bits per heavy atom. The molecule has 0 unspecified atom stereocenters. The maximum atomic E-state index is 12.5. The molecule has 1 amide bonds. The van der Waals surface area contributed by atoms with E-state index in [9.17, 15) is 13.2 Å². The molecule has 0 aliphatic carbocycles. The summed E-state index contributed by atoms with van der Waals surface area (Å²) in [6, 6.07) is 13.4. The average molecular weight is 391 g/mol. The highest BCUT2D eigenvalue weighted by Crippen LogP contribution is 2.15. The molecular weight excluding hydrogens is 368 g/mol. The Bertz CT molecular complexity index is 838. The number of amides is 1. The lowest BCUT2D eigenvalue weighted by Gasteiger charge is -2.33. The molecule has 7 heteroatoms. The molecule has 0 N–H and O–H groups in total. The Balaban J connectivity index is 1.50. The van der Waals surface area contributed by atoms with Crippen LogP contribution in [0.15, 0.2) is 53.3 Å². The van der Waals surface area contributed by atoms with Crippen LogP contribution in [0.4, 0.5) is 0 Å². The van der Waals surface area contributed by atoms with E-state index in [0.717, 1.165) is 12.0 Å². The maximum Gasteiger partial charge on any atom is 0.236 e. The first-order chi connectivity index (χ1) is 12.5. The Morgan fingerprint density at radius 2 is 1.77 bits per heavy atom. The minimum absolute atomic E-state index is 0.0928. The normalized spacial score (nSPS) is 16.2. The maximum absolute atomic E-state index is 12.5. The van der Waals surface area contributed by atoms with Crippen LogP contribution < -0.4 is 0 Å². The fourth-order valence-electron chi connectivity index (χ4n) is 2.85. The topological polar surface area (TPSA) is 57.7 Å². The summed E-state index contributed by atoms with van der Waals surface area (Å²) in [6.45, 7) is 1.57. The molecule has 5 nitrogen and oxygen atoms in total. The van der Waals surface area contributed by atoms with Crippen LogP contribution in [0.1, 0.15) is 16.9 Å². The summed E-state index contributed by atoms with van der Waals surface area (Å²) in [6.07, 6.45) is 2.82. The van der Waals surface area contributed by atoms with Gasteiger partial charge in [0.1, 0.15) is 0 Å². The summed E-state index contributed by atoms with van der Waals surface area (Å²) in [4.78, 5) is 15.3. The van der Waals surface area contributed by atoms with E-state index in [0.29, 0.717) is 32.6 Å². The van der Waals surface area contributed by atoms with Gasteiger partial charge in [0.25, 0.3) is 0 Å². The standard InChI is InChI=1S/C19H22N2O3S2/c22-19(9-8-18-7-4-15-25-18)20-11-13-21(14-12-20)26(23,24)16-10-17-5-2-1-3-6-17/h1-7,10,15-16H,8-9,11-14H2/b16-10+. The second-order valence-electron chi connectivity index (χ2n) is 6.12. The lowest BCUT2D eigenvalue weighted by atomic mass is 10.2. The minimum Gasteiger partial charge on any atom is -0.340 e. The summed E-state index contributed by atoms with van der Waals surface area (Å²) in [5.74, 6) is 0.0928. The molecule has 0 bridgehead atoms. The van der Waals surface area contributed by atoms with Gasteiger partial charge >= 0.3 is 0 Å². The first-order valence-corrected chi connectivity index (χ1v) is 11.0. The Hall–Kier alpha value is -1.96. The van der Waals surface area contributed by atoms with E-state index in [4.69, 9.17) is 0 Å². The van der Waals surface area contributed by atoms with Crippen molar-refractivity contribution in [2.24, 2.45) is 0 Å². The van der Waals surface area contributed by atoms with Gasteiger partial charge in [-0.3, -0.25) is 4.79 Å². The number of hydrogen-bond donors (Lipinski definition) is 0. The zero-order valence-corrected chi connectivity index (χ0v) is 16.1. The number of sulfonamides is 1. The van der Waals surface area contributed by atoms with Crippen molar-refractivity contribution in [3.05, 3.63) is 63.7 Å². The largest absolute Gasteiger partial charge is 0.340 e. The molecule has 1 aromatic carbocycles. The highest BCUT2D eigenvalue weighted by molar-refractivity contribution is 7.92. The smallest absolute Gasteiger partial charge is 0.236 e. The van der Waals surface area contributed by atoms with E-state index >= 15 is 0 Å². The van der Waals surface area contributed by atoms with E-state index in [1.54, 1.807) is 22.3 Å². The SMILES string of the molecule is O=C(CCc1cccs1)N1CCN(S(=O)(=O)/C=C/c2ccccc2)CC1. The molecule has 3 rings (SSSR count). The Kier molecular flexibility index (Phi) is 6.24. The van der Waals surface area contributed by atoms with Gasteiger partial charge in [0, 0.05) is 42.9 Å². The van der Waals surface area contributed by atoms with E-state index in [1.165, 1.54) is 14.6 Å². The highest BCUT2D eigenvalue weighted by Gasteiger charge is 2.27. The van der Waals surface area contributed by atoms with E-state index in [2.05, 4.69) is 0 Å². The monoisotopic (exact) mass is 390 g/mol. The lowest BCUT2D eigenvalue weighted by molar-refractivity contribution is -0.132. The van der Waals surface area contributed by atoms with Crippen LogP contribution >= 0.6 is 11.3 Å². The summed E-state index contributed by atoms with van der Waals surface area (Å²) in [5.41, 5.74) is 0.846. The number of benzene rings is 1. The Morgan fingerprint density at radius 1 is 1.04 bits per heavy atom. The molecule has 2 heterocycles. The van der Waals surface area contributed by atoms with Gasteiger partial charge in [-0.25, -0.2) is 8.42 Å². The molecule has 0 atom stereocenters. The zero-order chi connectivity index (χ0) is 18.4. The third-order valence-electron chi connectivity index (χ3n) is 4.35. The molecule has 1 aliphatic rings. The average Bonchev–Trinajstić information content (AvgIpc) is 3.19. The summed E-state index contributed by atoms with van der Waals surface area (Å²) >= 11 is 1.65. The molecular formula is C19H22N2O3S2. The number of hydrogen-bond acceptors (Lipinski definition) is 4.